The average molecular weight is 418 g/mol. The molecule has 0 radical (unpaired) electrons. The van der Waals surface area contributed by atoms with Crippen molar-refractivity contribution in [3.63, 3.8) is 0 Å². The Balaban J connectivity index is 1.69. The first kappa shape index (κ1) is 21.4. The highest BCUT2D eigenvalue weighted by molar-refractivity contribution is 5.95. The third-order valence-corrected chi connectivity index (χ3v) is 4.29. The van der Waals surface area contributed by atoms with Crippen LogP contribution in [0.25, 0.3) is 11.3 Å². The molecule has 0 atom stereocenters. The molecule has 9 heteroatoms. The number of carbonyl (C=O) groups excluding carboxylic acids is 1. The maximum atomic E-state index is 12.5. The standard InChI is InChI=1S/C22H22N6O3/c23-21-18(9-10-26-27-14-20(29)30)28-19(13-24-21)16-7-4-8-17(11-16)22(31)25-12-15-5-2-1-3-6-15/h1-8,10-11,13,27H,9,12,14H2,(H2,23,24)(H,25,31)(H,29,30). The fourth-order valence-electron chi connectivity index (χ4n) is 2.74. The molecule has 0 spiro atoms. The minimum atomic E-state index is -1.01. The van der Waals surface area contributed by atoms with Gasteiger partial charge in [-0.05, 0) is 17.7 Å². The Morgan fingerprint density at radius 1 is 1.13 bits per heavy atom. The SMILES string of the molecule is Nc1ncc(-c2cccc(C(=O)NCc3ccccc3)c2)nc1CC=NNCC(=O)O. The number of hydrogen-bond acceptors (Lipinski definition) is 7. The lowest BCUT2D eigenvalue weighted by Gasteiger charge is -2.08. The van der Waals surface area contributed by atoms with Gasteiger partial charge < -0.3 is 16.2 Å². The highest BCUT2D eigenvalue weighted by Gasteiger charge is 2.10. The Morgan fingerprint density at radius 3 is 2.71 bits per heavy atom. The van der Waals surface area contributed by atoms with Gasteiger partial charge in [0.05, 0.1) is 17.6 Å². The predicted molar refractivity (Wildman–Crippen MR) is 117 cm³/mol. The summed E-state index contributed by atoms with van der Waals surface area (Å²) in [4.78, 5) is 31.7. The van der Waals surface area contributed by atoms with Crippen molar-refractivity contribution in [2.24, 2.45) is 5.10 Å². The van der Waals surface area contributed by atoms with Gasteiger partial charge >= 0.3 is 5.97 Å². The largest absolute Gasteiger partial charge is 0.480 e. The average Bonchev–Trinajstić information content (AvgIpc) is 2.79. The Bertz CT molecular complexity index is 1090. The summed E-state index contributed by atoms with van der Waals surface area (Å²) in [6.45, 7) is 0.155. The molecule has 0 fully saturated rings. The van der Waals surface area contributed by atoms with Crippen LogP contribution in [0.1, 0.15) is 21.6 Å². The van der Waals surface area contributed by atoms with Gasteiger partial charge in [-0.1, -0.05) is 42.5 Å². The van der Waals surface area contributed by atoms with E-state index in [2.05, 4.69) is 25.8 Å². The fraction of sp³-hybridized carbons (Fsp3) is 0.136. The molecule has 1 heterocycles. The molecule has 158 valence electrons. The molecule has 3 aromatic rings. The molecule has 0 aliphatic carbocycles. The third-order valence-electron chi connectivity index (χ3n) is 4.29. The van der Waals surface area contributed by atoms with Crippen LogP contribution in [0.15, 0.2) is 65.9 Å². The van der Waals surface area contributed by atoms with Crippen LogP contribution in [0, 0.1) is 0 Å². The van der Waals surface area contributed by atoms with Crippen LogP contribution >= 0.6 is 0 Å². The van der Waals surface area contributed by atoms with Crippen LogP contribution in [0.3, 0.4) is 0 Å². The van der Waals surface area contributed by atoms with Gasteiger partial charge in [0.2, 0.25) is 0 Å². The molecule has 0 saturated heterocycles. The minimum Gasteiger partial charge on any atom is -0.480 e. The van der Waals surface area contributed by atoms with E-state index in [1.54, 1.807) is 24.4 Å². The maximum Gasteiger partial charge on any atom is 0.324 e. The number of carboxylic acids is 1. The lowest BCUT2D eigenvalue weighted by atomic mass is 10.1. The first-order valence-electron chi connectivity index (χ1n) is 9.53. The summed E-state index contributed by atoms with van der Waals surface area (Å²) >= 11 is 0. The molecule has 2 aromatic carbocycles. The summed E-state index contributed by atoms with van der Waals surface area (Å²) in [6.07, 6.45) is 3.29. The molecular weight excluding hydrogens is 396 g/mol. The van der Waals surface area contributed by atoms with E-state index in [-0.39, 0.29) is 24.7 Å². The summed E-state index contributed by atoms with van der Waals surface area (Å²) in [7, 11) is 0. The van der Waals surface area contributed by atoms with E-state index in [4.69, 9.17) is 10.8 Å². The zero-order valence-electron chi connectivity index (χ0n) is 16.7. The first-order chi connectivity index (χ1) is 15.0. The lowest BCUT2D eigenvalue weighted by molar-refractivity contribution is -0.135. The van der Waals surface area contributed by atoms with Crippen molar-refractivity contribution in [3.05, 3.63) is 77.6 Å². The van der Waals surface area contributed by atoms with E-state index in [1.807, 2.05) is 36.4 Å². The molecule has 3 rings (SSSR count). The van der Waals surface area contributed by atoms with Crippen molar-refractivity contribution >= 4 is 23.9 Å². The summed E-state index contributed by atoms with van der Waals surface area (Å²) in [5.74, 6) is -0.942. The zero-order chi connectivity index (χ0) is 22.1. The summed E-state index contributed by atoms with van der Waals surface area (Å²) in [5.41, 5.74) is 11.6. The number of aromatic nitrogens is 2. The Kier molecular flexibility index (Phi) is 7.26. The highest BCUT2D eigenvalue weighted by Crippen LogP contribution is 2.20. The van der Waals surface area contributed by atoms with E-state index in [0.717, 1.165) is 11.1 Å². The molecule has 0 aliphatic heterocycles. The van der Waals surface area contributed by atoms with E-state index < -0.39 is 5.97 Å². The van der Waals surface area contributed by atoms with Crippen LogP contribution in [0.5, 0.6) is 0 Å². The lowest BCUT2D eigenvalue weighted by Crippen LogP contribution is -2.22. The summed E-state index contributed by atoms with van der Waals surface area (Å²) < 4.78 is 0. The van der Waals surface area contributed by atoms with Crippen LogP contribution in [-0.4, -0.2) is 39.7 Å². The molecule has 9 nitrogen and oxygen atoms in total. The van der Waals surface area contributed by atoms with Crippen molar-refractivity contribution in [3.8, 4) is 11.3 Å². The molecule has 0 bridgehead atoms. The van der Waals surface area contributed by atoms with E-state index in [9.17, 15) is 9.59 Å². The number of nitrogens with two attached hydrogens (primary N) is 1. The van der Waals surface area contributed by atoms with Gasteiger partial charge in [-0.25, -0.2) is 9.97 Å². The number of amides is 1. The van der Waals surface area contributed by atoms with Crippen molar-refractivity contribution in [2.75, 3.05) is 12.3 Å². The molecule has 5 N–H and O–H groups in total. The topological polar surface area (TPSA) is 143 Å². The summed E-state index contributed by atoms with van der Waals surface area (Å²) in [6, 6.07) is 16.8. The molecule has 0 aliphatic rings. The molecular formula is C22H22N6O3. The maximum absolute atomic E-state index is 12.5. The van der Waals surface area contributed by atoms with Gasteiger partial charge in [-0.15, -0.1) is 0 Å². The van der Waals surface area contributed by atoms with E-state index in [1.165, 1.54) is 6.21 Å². The zero-order valence-corrected chi connectivity index (χ0v) is 16.7. The number of carbonyl (C=O) groups is 2. The van der Waals surface area contributed by atoms with Crippen molar-refractivity contribution in [2.45, 2.75) is 13.0 Å². The monoisotopic (exact) mass is 418 g/mol. The molecule has 0 saturated carbocycles. The molecule has 1 amide bonds. The normalized spacial score (nSPS) is 10.7. The van der Waals surface area contributed by atoms with Crippen LogP contribution < -0.4 is 16.5 Å². The molecule has 1 aromatic heterocycles. The second-order valence-corrected chi connectivity index (χ2v) is 6.58. The number of hydrogen-bond donors (Lipinski definition) is 4. The second-order valence-electron chi connectivity index (χ2n) is 6.58. The predicted octanol–water partition coefficient (Wildman–Crippen LogP) is 1.86. The molecule has 31 heavy (non-hydrogen) atoms. The smallest absolute Gasteiger partial charge is 0.324 e. The third kappa shape index (κ3) is 6.36. The van der Waals surface area contributed by atoms with Gasteiger partial charge in [0, 0.05) is 30.3 Å². The second kappa shape index (κ2) is 10.5. The number of benzene rings is 2. The number of nitrogen functional groups attached to an aromatic ring is 1. The quantitative estimate of drug-likeness (QED) is 0.307. The minimum absolute atomic E-state index is 0.189. The van der Waals surface area contributed by atoms with E-state index in [0.29, 0.717) is 23.5 Å². The van der Waals surface area contributed by atoms with E-state index >= 15 is 0 Å². The van der Waals surface area contributed by atoms with Gasteiger partial charge in [0.1, 0.15) is 12.4 Å². The van der Waals surface area contributed by atoms with Crippen molar-refractivity contribution < 1.29 is 14.7 Å². The number of nitrogens with zero attached hydrogens (tertiary/aromatic N) is 3. The number of nitrogens with one attached hydrogen (secondary N) is 2. The van der Waals surface area contributed by atoms with Gasteiger partial charge in [-0.3, -0.25) is 15.0 Å². The molecule has 0 unspecified atom stereocenters. The van der Waals surface area contributed by atoms with Crippen LogP contribution in [0.4, 0.5) is 5.82 Å². The highest BCUT2D eigenvalue weighted by atomic mass is 16.4. The number of carboxylic acid groups (broad SMARTS) is 1. The summed E-state index contributed by atoms with van der Waals surface area (Å²) in [5, 5.41) is 15.3. The van der Waals surface area contributed by atoms with Crippen molar-refractivity contribution in [1.82, 2.24) is 20.7 Å². The Labute approximate surface area is 179 Å². The van der Waals surface area contributed by atoms with Gasteiger partial charge in [0.25, 0.3) is 5.91 Å². The fourth-order valence-corrected chi connectivity index (χ4v) is 2.74. The Hall–Kier alpha value is -4.27. The number of rotatable bonds is 9. The van der Waals surface area contributed by atoms with Crippen LogP contribution in [-0.2, 0) is 17.8 Å². The first-order valence-corrected chi connectivity index (χ1v) is 9.53. The van der Waals surface area contributed by atoms with Gasteiger partial charge in [0.15, 0.2) is 0 Å². The van der Waals surface area contributed by atoms with Crippen molar-refractivity contribution in [1.29, 1.82) is 0 Å². The number of aliphatic carboxylic acids is 1. The number of hydrazone groups is 1. The Morgan fingerprint density at radius 2 is 1.94 bits per heavy atom. The van der Waals surface area contributed by atoms with Crippen LogP contribution in [0.2, 0.25) is 0 Å². The van der Waals surface area contributed by atoms with Gasteiger partial charge in [-0.2, -0.15) is 5.10 Å². The number of anilines is 1.